The molecule has 0 aliphatic heterocycles. The third kappa shape index (κ3) is 4.24. The maximum atomic E-state index is 5.33. The van der Waals surface area contributed by atoms with E-state index in [-0.39, 0.29) is 15.9 Å². The molecular formula is C17H23N3OS. The van der Waals surface area contributed by atoms with E-state index in [1.165, 1.54) is 4.90 Å². The number of hydrogen-bond donors (Lipinski definition) is 2. The Morgan fingerprint density at radius 1 is 1.18 bits per heavy atom. The second-order valence-electron chi connectivity index (χ2n) is 6.22. The third-order valence-electron chi connectivity index (χ3n) is 3.08. The zero-order valence-corrected chi connectivity index (χ0v) is 14.4. The van der Waals surface area contributed by atoms with Gasteiger partial charge in [-0.2, -0.15) is 10.5 Å². The van der Waals surface area contributed by atoms with Crippen molar-refractivity contribution in [1.82, 2.24) is 5.16 Å². The number of nitrogens with zero attached hydrogens (tertiary/aromatic N) is 1. The van der Waals surface area contributed by atoms with Gasteiger partial charge in [0.05, 0.1) is 0 Å². The van der Waals surface area contributed by atoms with Crippen LogP contribution in [-0.2, 0) is 5.41 Å². The molecule has 1 heterocycles. The van der Waals surface area contributed by atoms with Gasteiger partial charge in [0.15, 0.2) is 5.82 Å². The Balaban J connectivity index is 1.98. The van der Waals surface area contributed by atoms with Crippen LogP contribution in [0.3, 0.4) is 0 Å². The molecule has 2 rings (SSSR count). The normalized spacial score (nSPS) is 12.7. The largest absolute Gasteiger partial charge is 0.359 e. The summed E-state index contributed by atoms with van der Waals surface area (Å²) >= 11 is 0. The zero-order valence-electron chi connectivity index (χ0n) is 13.6. The molecule has 0 aliphatic rings. The van der Waals surface area contributed by atoms with E-state index in [1.54, 1.807) is 0 Å². The molecule has 0 aliphatic carbocycles. The zero-order chi connectivity index (χ0) is 16.3. The van der Waals surface area contributed by atoms with Crippen LogP contribution in [0.4, 0.5) is 11.5 Å². The summed E-state index contributed by atoms with van der Waals surface area (Å²) in [5.74, 6) is 6.16. The predicted molar refractivity (Wildman–Crippen MR) is 96.9 cm³/mol. The summed E-state index contributed by atoms with van der Waals surface area (Å²) in [5, 5.41) is 10.3. The maximum absolute atomic E-state index is 5.33. The average molecular weight is 317 g/mol. The lowest BCUT2D eigenvalue weighted by atomic mass is 9.93. The van der Waals surface area contributed by atoms with Crippen LogP contribution in [-0.4, -0.2) is 17.3 Å². The number of aromatic nitrogens is 1. The van der Waals surface area contributed by atoms with Gasteiger partial charge in [-0.1, -0.05) is 38.4 Å². The van der Waals surface area contributed by atoms with Crippen molar-refractivity contribution in [3.8, 4) is 0 Å². The van der Waals surface area contributed by atoms with Crippen molar-refractivity contribution in [2.75, 3.05) is 16.9 Å². The van der Waals surface area contributed by atoms with Crippen molar-refractivity contribution < 1.29 is 4.52 Å². The number of nitrogens with one attached hydrogen (secondary N) is 2. The highest BCUT2D eigenvalue weighted by atomic mass is 32.2. The van der Waals surface area contributed by atoms with Crippen molar-refractivity contribution in [2.45, 2.75) is 31.1 Å². The minimum Gasteiger partial charge on any atom is -0.359 e. The van der Waals surface area contributed by atoms with E-state index in [0.29, 0.717) is 11.6 Å². The van der Waals surface area contributed by atoms with Gasteiger partial charge in [-0.05, 0) is 30.5 Å². The second-order valence-corrected chi connectivity index (χ2v) is 7.96. The quantitative estimate of drug-likeness (QED) is 0.788. The van der Waals surface area contributed by atoms with Crippen LogP contribution in [0.5, 0.6) is 0 Å². The molecule has 2 N–H and O–H groups in total. The van der Waals surface area contributed by atoms with E-state index in [9.17, 15) is 0 Å². The van der Waals surface area contributed by atoms with Crippen LogP contribution in [0.1, 0.15) is 26.5 Å². The predicted octanol–water partition coefficient (Wildman–Crippen LogP) is 4.66. The van der Waals surface area contributed by atoms with Gasteiger partial charge in [-0.25, -0.2) is 0 Å². The van der Waals surface area contributed by atoms with Crippen molar-refractivity contribution in [2.24, 2.45) is 0 Å². The molecule has 1 unspecified atom stereocenters. The minimum absolute atomic E-state index is 0.0245. The molecule has 0 saturated carbocycles. The molecule has 22 heavy (non-hydrogen) atoms. The fraction of sp³-hybridized carbons (Fsp3) is 0.294. The van der Waals surface area contributed by atoms with Gasteiger partial charge in [-0.3, -0.25) is 0 Å². The van der Waals surface area contributed by atoms with E-state index < -0.39 is 0 Å². The average Bonchev–Trinajstić information content (AvgIpc) is 2.87. The van der Waals surface area contributed by atoms with Crippen LogP contribution in [0.15, 0.2) is 52.2 Å². The minimum atomic E-state index is -0.0663. The Kier molecular flexibility index (Phi) is 4.76. The molecule has 5 heteroatoms. The molecule has 0 spiro atoms. The van der Waals surface area contributed by atoms with E-state index in [4.69, 9.17) is 4.52 Å². The van der Waals surface area contributed by atoms with Crippen LogP contribution >= 0.6 is 10.5 Å². The van der Waals surface area contributed by atoms with Gasteiger partial charge in [0.25, 0.3) is 0 Å². The Labute approximate surface area is 134 Å². The molecule has 0 fully saturated rings. The molecule has 1 aromatic heterocycles. The van der Waals surface area contributed by atoms with Crippen molar-refractivity contribution in [3.63, 3.8) is 0 Å². The molecule has 0 amide bonds. The van der Waals surface area contributed by atoms with Crippen molar-refractivity contribution in [3.05, 3.63) is 48.5 Å². The van der Waals surface area contributed by atoms with Crippen LogP contribution in [0.2, 0.25) is 0 Å². The van der Waals surface area contributed by atoms with Crippen LogP contribution in [0.25, 0.3) is 0 Å². The highest BCUT2D eigenvalue weighted by molar-refractivity contribution is 8.13. The smallest absolute Gasteiger partial charge is 0.175 e. The molecular weight excluding hydrogens is 294 g/mol. The van der Waals surface area contributed by atoms with Gasteiger partial charge in [-0.15, -0.1) is 0 Å². The summed E-state index contributed by atoms with van der Waals surface area (Å²) in [6.07, 6.45) is 2.10. The molecule has 1 aromatic carbocycles. The molecule has 0 radical (unpaired) electrons. The summed E-state index contributed by atoms with van der Waals surface area (Å²) in [4.78, 5) is 1.23. The first-order chi connectivity index (χ1) is 10.3. The van der Waals surface area contributed by atoms with Crippen molar-refractivity contribution in [1.29, 1.82) is 0 Å². The molecule has 118 valence electrons. The Morgan fingerprint density at radius 2 is 1.82 bits per heavy atom. The first-order valence-electron chi connectivity index (χ1n) is 7.01. The highest BCUT2D eigenvalue weighted by Gasteiger charge is 2.19. The lowest BCUT2D eigenvalue weighted by Crippen LogP contribution is -2.10. The second kappa shape index (κ2) is 6.40. The lowest BCUT2D eigenvalue weighted by Gasteiger charge is -2.12. The standard InChI is InChI=1S/C17H23N3OS/c1-12(18-13-7-9-14(10-8-13)22(5)6)19-16-11-15(21-20-16)17(2,3)4/h7-11,18H,1,5H2,2-4,6H3,(H,19,20). The third-order valence-corrected chi connectivity index (χ3v) is 4.16. The summed E-state index contributed by atoms with van der Waals surface area (Å²) in [6, 6.07) is 10.1. The fourth-order valence-corrected chi connectivity index (χ4v) is 2.42. The van der Waals surface area contributed by atoms with Gasteiger partial charge < -0.3 is 15.2 Å². The van der Waals surface area contributed by atoms with E-state index in [1.807, 2.05) is 18.2 Å². The Bertz CT molecular complexity index is 681. The number of rotatable bonds is 5. The summed E-state index contributed by atoms with van der Waals surface area (Å²) < 4.78 is 5.33. The molecule has 4 nitrogen and oxygen atoms in total. The first-order valence-corrected chi connectivity index (χ1v) is 8.82. The molecule has 0 saturated heterocycles. The lowest BCUT2D eigenvalue weighted by molar-refractivity contribution is 0.331. The van der Waals surface area contributed by atoms with E-state index in [2.05, 4.69) is 67.4 Å². The Morgan fingerprint density at radius 3 is 2.32 bits per heavy atom. The summed E-state index contributed by atoms with van der Waals surface area (Å²) in [5.41, 5.74) is 0.898. The first kappa shape index (κ1) is 16.4. The maximum Gasteiger partial charge on any atom is 0.175 e. The van der Waals surface area contributed by atoms with E-state index in [0.717, 1.165) is 11.4 Å². The van der Waals surface area contributed by atoms with Gasteiger partial charge in [0.2, 0.25) is 0 Å². The van der Waals surface area contributed by atoms with Gasteiger partial charge in [0, 0.05) is 22.1 Å². The molecule has 0 bridgehead atoms. The topological polar surface area (TPSA) is 50.1 Å². The Hall–Kier alpha value is -2.01. The SMILES string of the molecule is C=C(Nc1ccc(S(=C)C)cc1)Nc1cc(C(C)(C)C)on1. The molecule has 2 aromatic rings. The van der Waals surface area contributed by atoms with Crippen LogP contribution < -0.4 is 10.6 Å². The molecule has 1 atom stereocenters. The van der Waals surface area contributed by atoms with E-state index >= 15 is 0 Å². The van der Waals surface area contributed by atoms with Gasteiger partial charge >= 0.3 is 0 Å². The monoisotopic (exact) mass is 317 g/mol. The number of hydrogen-bond acceptors (Lipinski definition) is 4. The van der Waals surface area contributed by atoms with Crippen molar-refractivity contribution >= 4 is 27.9 Å². The highest BCUT2D eigenvalue weighted by Crippen LogP contribution is 2.25. The fourth-order valence-electron chi connectivity index (χ4n) is 1.82. The van der Waals surface area contributed by atoms with Crippen LogP contribution in [0, 0.1) is 0 Å². The number of benzene rings is 1. The van der Waals surface area contributed by atoms with Gasteiger partial charge in [0.1, 0.15) is 11.6 Å². The number of anilines is 2. The summed E-state index contributed by atoms with van der Waals surface area (Å²) in [6.45, 7) is 10.2. The summed E-state index contributed by atoms with van der Waals surface area (Å²) in [7, 11) is 0.0245.